The third-order valence-electron chi connectivity index (χ3n) is 6.77. The molecule has 0 spiro atoms. The molecular formula is C34H22N2O. The lowest BCUT2D eigenvalue weighted by Gasteiger charge is -2.08. The molecule has 3 aromatic heterocycles. The molecule has 0 aliphatic carbocycles. The molecule has 3 nitrogen and oxygen atoms in total. The van der Waals surface area contributed by atoms with Gasteiger partial charge in [-0.25, -0.2) is 4.98 Å². The molecule has 0 atom stereocenters. The highest BCUT2D eigenvalue weighted by Crippen LogP contribution is 2.34. The molecule has 0 saturated heterocycles. The zero-order valence-electron chi connectivity index (χ0n) is 20.0. The highest BCUT2D eigenvalue weighted by atomic mass is 16.3. The van der Waals surface area contributed by atoms with Crippen molar-refractivity contribution in [2.24, 2.45) is 0 Å². The van der Waals surface area contributed by atoms with E-state index >= 15 is 0 Å². The predicted octanol–water partition coefficient (Wildman–Crippen LogP) is 9.04. The van der Waals surface area contributed by atoms with Crippen LogP contribution in [0.4, 0.5) is 0 Å². The van der Waals surface area contributed by atoms with Crippen LogP contribution >= 0.6 is 0 Å². The standard InChI is InChI=1S/C34H22N2O/c1-2-13-33-28(9-1)29-19-18-27(22-34(29)37-33)26-8-5-7-25(21-26)23-14-16-24(17-15-23)30-11-6-12-32(36-30)31-10-3-4-20-35-31/h1-22H. The molecule has 0 N–H and O–H groups in total. The Morgan fingerprint density at radius 1 is 0.405 bits per heavy atom. The second-order valence-corrected chi connectivity index (χ2v) is 9.09. The molecule has 0 saturated carbocycles. The third-order valence-corrected chi connectivity index (χ3v) is 6.77. The van der Waals surface area contributed by atoms with E-state index in [0.29, 0.717) is 0 Å². The number of nitrogens with zero attached hydrogens (tertiary/aromatic N) is 2. The third kappa shape index (κ3) is 3.97. The van der Waals surface area contributed by atoms with Crippen LogP contribution in [0.15, 0.2) is 138 Å². The molecule has 0 fully saturated rings. The number of rotatable bonds is 4. The molecule has 0 bridgehead atoms. The van der Waals surface area contributed by atoms with E-state index in [2.05, 4.69) is 77.8 Å². The fraction of sp³-hybridized carbons (Fsp3) is 0. The second-order valence-electron chi connectivity index (χ2n) is 9.09. The van der Waals surface area contributed by atoms with Crippen molar-refractivity contribution >= 4 is 21.9 Å². The average molecular weight is 475 g/mol. The molecule has 37 heavy (non-hydrogen) atoms. The summed E-state index contributed by atoms with van der Waals surface area (Å²) in [5.41, 5.74) is 10.2. The highest BCUT2D eigenvalue weighted by molar-refractivity contribution is 6.05. The van der Waals surface area contributed by atoms with Crippen LogP contribution < -0.4 is 0 Å². The normalized spacial score (nSPS) is 11.2. The molecule has 3 heterocycles. The second kappa shape index (κ2) is 8.89. The van der Waals surface area contributed by atoms with Crippen LogP contribution in [0.25, 0.3) is 66.8 Å². The van der Waals surface area contributed by atoms with Crippen molar-refractivity contribution in [3.05, 3.63) is 134 Å². The summed E-state index contributed by atoms with van der Waals surface area (Å²) in [5, 5.41) is 2.30. The zero-order valence-corrected chi connectivity index (χ0v) is 20.0. The summed E-state index contributed by atoms with van der Waals surface area (Å²) < 4.78 is 6.11. The first kappa shape index (κ1) is 21.3. The first-order chi connectivity index (χ1) is 18.3. The van der Waals surface area contributed by atoms with Gasteiger partial charge in [0.15, 0.2) is 0 Å². The summed E-state index contributed by atoms with van der Waals surface area (Å²) in [7, 11) is 0. The van der Waals surface area contributed by atoms with Crippen LogP contribution in [-0.4, -0.2) is 9.97 Å². The summed E-state index contributed by atoms with van der Waals surface area (Å²) in [6, 6.07) is 43.8. The lowest BCUT2D eigenvalue weighted by Crippen LogP contribution is -1.89. The van der Waals surface area contributed by atoms with E-state index < -0.39 is 0 Å². The fourth-order valence-electron chi connectivity index (χ4n) is 4.87. The maximum atomic E-state index is 6.11. The Morgan fingerprint density at radius 3 is 1.92 bits per heavy atom. The van der Waals surface area contributed by atoms with Crippen molar-refractivity contribution in [2.75, 3.05) is 0 Å². The van der Waals surface area contributed by atoms with E-state index in [4.69, 9.17) is 9.40 Å². The van der Waals surface area contributed by atoms with Crippen molar-refractivity contribution in [2.45, 2.75) is 0 Å². The van der Waals surface area contributed by atoms with Gasteiger partial charge in [0.1, 0.15) is 11.2 Å². The summed E-state index contributed by atoms with van der Waals surface area (Å²) >= 11 is 0. The summed E-state index contributed by atoms with van der Waals surface area (Å²) in [4.78, 5) is 9.27. The Morgan fingerprint density at radius 2 is 1.05 bits per heavy atom. The van der Waals surface area contributed by atoms with Gasteiger partial charge >= 0.3 is 0 Å². The molecule has 174 valence electrons. The van der Waals surface area contributed by atoms with Crippen LogP contribution in [0, 0.1) is 0 Å². The largest absolute Gasteiger partial charge is 0.456 e. The minimum atomic E-state index is 0.872. The van der Waals surface area contributed by atoms with Crippen LogP contribution in [0.2, 0.25) is 0 Å². The summed E-state index contributed by atoms with van der Waals surface area (Å²) in [6.07, 6.45) is 1.79. The lowest BCUT2D eigenvalue weighted by atomic mass is 9.97. The number of fused-ring (bicyclic) bond motifs is 3. The molecular weight excluding hydrogens is 452 g/mol. The van der Waals surface area contributed by atoms with Gasteiger partial charge in [-0.3, -0.25) is 4.98 Å². The van der Waals surface area contributed by atoms with Gasteiger partial charge in [-0.2, -0.15) is 0 Å². The number of benzene rings is 4. The molecule has 7 aromatic rings. The lowest BCUT2D eigenvalue weighted by molar-refractivity contribution is 0.669. The minimum Gasteiger partial charge on any atom is -0.456 e. The fourth-order valence-corrected chi connectivity index (χ4v) is 4.87. The van der Waals surface area contributed by atoms with Crippen molar-refractivity contribution in [1.29, 1.82) is 0 Å². The number of pyridine rings is 2. The van der Waals surface area contributed by atoms with Gasteiger partial charge in [0.25, 0.3) is 0 Å². The van der Waals surface area contributed by atoms with Gasteiger partial charge in [0, 0.05) is 22.5 Å². The van der Waals surface area contributed by atoms with E-state index in [1.165, 1.54) is 5.56 Å². The first-order valence-electron chi connectivity index (χ1n) is 12.3. The molecule has 0 aliphatic rings. The van der Waals surface area contributed by atoms with E-state index in [9.17, 15) is 0 Å². The van der Waals surface area contributed by atoms with Crippen LogP contribution in [-0.2, 0) is 0 Å². The van der Waals surface area contributed by atoms with Crippen LogP contribution in [0.3, 0.4) is 0 Å². The number of hydrogen-bond acceptors (Lipinski definition) is 3. The van der Waals surface area contributed by atoms with Gasteiger partial charge in [0.05, 0.1) is 17.1 Å². The monoisotopic (exact) mass is 474 g/mol. The van der Waals surface area contributed by atoms with E-state index in [1.54, 1.807) is 6.20 Å². The Labute approximate surface area is 214 Å². The number of para-hydroxylation sites is 1. The van der Waals surface area contributed by atoms with Gasteiger partial charge < -0.3 is 4.42 Å². The molecule has 7 rings (SSSR count). The first-order valence-corrected chi connectivity index (χ1v) is 12.3. The SMILES string of the molecule is c1ccc(-c2cccc(-c3ccc(-c4cccc(-c5ccc6c(c5)oc5ccccc56)c4)cc3)n2)nc1. The topological polar surface area (TPSA) is 38.9 Å². The van der Waals surface area contributed by atoms with Gasteiger partial charge in [-0.15, -0.1) is 0 Å². The van der Waals surface area contributed by atoms with Gasteiger partial charge in [0.2, 0.25) is 0 Å². The minimum absolute atomic E-state index is 0.872. The van der Waals surface area contributed by atoms with Gasteiger partial charge in [-0.1, -0.05) is 78.9 Å². The van der Waals surface area contributed by atoms with Crippen LogP contribution in [0.5, 0.6) is 0 Å². The Hall–Kier alpha value is -5.02. The number of aromatic nitrogens is 2. The zero-order chi connectivity index (χ0) is 24.6. The number of hydrogen-bond donors (Lipinski definition) is 0. The van der Waals surface area contributed by atoms with Crippen molar-refractivity contribution in [1.82, 2.24) is 9.97 Å². The molecule has 0 unspecified atom stereocenters. The summed E-state index contributed by atoms with van der Waals surface area (Å²) in [5.74, 6) is 0. The molecule has 0 aliphatic heterocycles. The molecule has 0 amide bonds. The van der Waals surface area contributed by atoms with Crippen molar-refractivity contribution in [3.63, 3.8) is 0 Å². The summed E-state index contributed by atoms with van der Waals surface area (Å²) in [6.45, 7) is 0. The molecule has 3 heteroatoms. The number of furan rings is 1. The average Bonchev–Trinajstić information content (AvgIpc) is 3.36. The molecule has 0 radical (unpaired) electrons. The highest BCUT2D eigenvalue weighted by Gasteiger charge is 2.09. The smallest absolute Gasteiger partial charge is 0.136 e. The Balaban J connectivity index is 1.20. The van der Waals surface area contributed by atoms with Crippen LogP contribution in [0.1, 0.15) is 0 Å². The Kier molecular flexibility index (Phi) is 5.11. The van der Waals surface area contributed by atoms with E-state index in [0.717, 1.165) is 61.3 Å². The van der Waals surface area contributed by atoms with E-state index in [-0.39, 0.29) is 0 Å². The maximum Gasteiger partial charge on any atom is 0.136 e. The van der Waals surface area contributed by atoms with Crippen molar-refractivity contribution < 1.29 is 4.42 Å². The quantitative estimate of drug-likeness (QED) is 0.255. The maximum absolute atomic E-state index is 6.11. The molecule has 4 aromatic carbocycles. The predicted molar refractivity (Wildman–Crippen MR) is 151 cm³/mol. The van der Waals surface area contributed by atoms with E-state index in [1.807, 2.05) is 54.6 Å². The Bertz CT molecular complexity index is 1870. The van der Waals surface area contributed by atoms with Gasteiger partial charge in [-0.05, 0) is 70.8 Å². The van der Waals surface area contributed by atoms with Crippen molar-refractivity contribution in [3.8, 4) is 44.9 Å².